The highest BCUT2D eigenvalue weighted by molar-refractivity contribution is 6.68. The molecule has 2 aromatic rings. The van der Waals surface area contributed by atoms with Gasteiger partial charge in [0.1, 0.15) is 37.4 Å². The maximum Gasteiger partial charge on any atom is 0.408 e. The zero-order chi connectivity index (χ0) is 23.3. The van der Waals surface area contributed by atoms with E-state index in [1.54, 1.807) is 12.1 Å². The topological polar surface area (TPSA) is 130 Å². The van der Waals surface area contributed by atoms with Gasteiger partial charge in [-0.15, -0.1) is 0 Å². The van der Waals surface area contributed by atoms with E-state index in [0.717, 1.165) is 0 Å². The zero-order valence-corrected chi connectivity index (χ0v) is 19.1. The lowest BCUT2D eigenvalue weighted by Gasteiger charge is -2.30. The third kappa shape index (κ3) is 6.52. The van der Waals surface area contributed by atoms with Crippen LogP contribution in [0.3, 0.4) is 0 Å². The summed E-state index contributed by atoms with van der Waals surface area (Å²) in [5, 5.41) is 20.2. The highest BCUT2D eigenvalue weighted by Gasteiger charge is 2.35. The van der Waals surface area contributed by atoms with Crippen LogP contribution in [0.1, 0.15) is 5.69 Å². The molecule has 32 heavy (non-hydrogen) atoms. The third-order valence-electron chi connectivity index (χ3n) is 4.38. The number of nitrogens with zero attached hydrogens (tertiary/aromatic N) is 3. The molecule has 1 aromatic carbocycles. The van der Waals surface area contributed by atoms with Gasteiger partial charge in [-0.25, -0.2) is 4.79 Å². The first-order valence-corrected chi connectivity index (χ1v) is 10.6. The van der Waals surface area contributed by atoms with Gasteiger partial charge >= 0.3 is 11.8 Å². The van der Waals surface area contributed by atoms with Gasteiger partial charge in [-0.3, -0.25) is 20.1 Å². The molecule has 11 nitrogen and oxygen atoms in total. The van der Waals surface area contributed by atoms with E-state index in [2.05, 4.69) is 15.7 Å². The molecular formula is C18H20Cl3N5O6. The lowest BCUT2D eigenvalue weighted by Crippen LogP contribution is -2.56. The largest absolute Gasteiger partial charge is 0.486 e. The summed E-state index contributed by atoms with van der Waals surface area (Å²) in [5.74, 6) is 1.23. The molecule has 2 heterocycles. The number of amides is 1. The Hall–Kier alpha value is -2.47. The van der Waals surface area contributed by atoms with Crippen LogP contribution in [0.5, 0.6) is 11.5 Å². The van der Waals surface area contributed by atoms with Crippen molar-refractivity contribution in [2.45, 2.75) is 29.5 Å². The van der Waals surface area contributed by atoms with E-state index < -0.39 is 21.0 Å². The second-order valence-corrected chi connectivity index (χ2v) is 9.15. The summed E-state index contributed by atoms with van der Waals surface area (Å²) in [6, 6.07) is 7.23. The van der Waals surface area contributed by atoms with Crippen molar-refractivity contribution in [2.75, 3.05) is 19.8 Å². The maximum absolute atomic E-state index is 12.1. The smallest absolute Gasteiger partial charge is 0.408 e. The number of alkyl halides is 3. The van der Waals surface area contributed by atoms with E-state index in [4.69, 9.17) is 49.0 Å². The summed E-state index contributed by atoms with van der Waals surface area (Å²) < 4.78 is 15.9. The molecule has 2 atom stereocenters. The van der Waals surface area contributed by atoms with Crippen molar-refractivity contribution in [3.63, 3.8) is 0 Å². The maximum atomic E-state index is 12.1. The fraction of sp³-hybridized carbons (Fsp3) is 0.444. The Morgan fingerprint density at radius 1 is 1.41 bits per heavy atom. The number of rotatable bonds is 8. The third-order valence-corrected chi connectivity index (χ3v) is 5.03. The van der Waals surface area contributed by atoms with Crippen molar-refractivity contribution < 1.29 is 23.9 Å². The predicted octanol–water partition coefficient (Wildman–Crippen LogP) is 2.95. The summed E-state index contributed by atoms with van der Waals surface area (Å²) in [6.07, 6.45) is -1.06. The minimum absolute atomic E-state index is 0.104. The lowest BCUT2D eigenvalue weighted by atomic mass is 10.2. The molecule has 1 amide bonds. The predicted molar refractivity (Wildman–Crippen MR) is 117 cm³/mol. The summed E-state index contributed by atoms with van der Waals surface area (Å²) >= 11 is 17.9. The molecule has 1 aliphatic rings. The van der Waals surface area contributed by atoms with Crippen LogP contribution < -0.4 is 20.1 Å². The fourth-order valence-electron chi connectivity index (χ4n) is 2.85. The van der Waals surface area contributed by atoms with E-state index in [1.807, 2.05) is 12.1 Å². The summed E-state index contributed by atoms with van der Waals surface area (Å²) in [4.78, 5) is 22.5. The van der Waals surface area contributed by atoms with E-state index in [9.17, 15) is 14.9 Å². The van der Waals surface area contributed by atoms with Crippen molar-refractivity contribution in [3.05, 3.63) is 46.3 Å². The highest BCUT2D eigenvalue weighted by atomic mass is 35.6. The number of benzene rings is 1. The summed E-state index contributed by atoms with van der Waals surface area (Å²) in [7, 11) is 0. The molecule has 1 aromatic heterocycles. The number of ether oxygens (including phenoxy) is 3. The number of nitrogens with one attached hydrogen (secondary N) is 2. The van der Waals surface area contributed by atoms with Gasteiger partial charge in [0.2, 0.25) is 3.79 Å². The monoisotopic (exact) mass is 507 g/mol. The number of hydrogen-bond acceptors (Lipinski definition) is 8. The Kier molecular flexibility index (Phi) is 7.88. The first kappa shape index (κ1) is 24.2. The fourth-order valence-corrected chi connectivity index (χ4v) is 3.25. The first-order chi connectivity index (χ1) is 15.1. The molecule has 0 bridgehead atoms. The second kappa shape index (κ2) is 10.4. The van der Waals surface area contributed by atoms with E-state index in [-0.39, 0.29) is 43.8 Å². The Labute approximate surface area is 198 Å². The van der Waals surface area contributed by atoms with Gasteiger partial charge in [-0.2, -0.15) is 5.10 Å². The Bertz CT molecular complexity index is 967. The molecule has 2 unspecified atom stereocenters. The molecule has 0 radical (unpaired) electrons. The van der Waals surface area contributed by atoms with Gasteiger partial charge in [0.25, 0.3) is 0 Å². The number of alkyl carbamates (subject to hydrolysis) is 1. The Morgan fingerprint density at radius 3 is 2.78 bits per heavy atom. The number of aromatic nitrogens is 2. The highest BCUT2D eigenvalue weighted by Crippen LogP contribution is 2.32. The summed E-state index contributed by atoms with van der Waals surface area (Å²) in [5.41, 5.74) is 0.142. The van der Waals surface area contributed by atoms with Crippen LogP contribution in [0.25, 0.3) is 0 Å². The number of nitro groups is 1. The van der Waals surface area contributed by atoms with Crippen LogP contribution in [-0.4, -0.2) is 56.6 Å². The van der Waals surface area contributed by atoms with Gasteiger partial charge in [-0.05, 0) is 19.1 Å². The molecule has 0 spiro atoms. The molecular weight excluding hydrogens is 489 g/mol. The molecule has 0 aliphatic carbocycles. The molecule has 1 aliphatic heterocycles. The second-order valence-electron chi connectivity index (χ2n) is 6.78. The molecule has 174 valence electrons. The average Bonchev–Trinajstić information content (AvgIpc) is 3.10. The lowest BCUT2D eigenvalue weighted by molar-refractivity contribution is -0.385. The number of aryl methyl sites for hydroxylation is 1. The minimum Gasteiger partial charge on any atom is -0.486 e. The Morgan fingerprint density at radius 2 is 2.12 bits per heavy atom. The first-order valence-electron chi connectivity index (χ1n) is 9.44. The number of halogens is 3. The van der Waals surface area contributed by atoms with E-state index >= 15 is 0 Å². The summed E-state index contributed by atoms with van der Waals surface area (Å²) in [6.45, 7) is 2.01. The van der Waals surface area contributed by atoms with Crippen LogP contribution in [0.2, 0.25) is 0 Å². The van der Waals surface area contributed by atoms with Crippen molar-refractivity contribution >= 4 is 46.6 Å². The van der Waals surface area contributed by atoms with Crippen LogP contribution >= 0.6 is 34.8 Å². The van der Waals surface area contributed by atoms with Gasteiger partial charge in [0, 0.05) is 6.54 Å². The quantitative estimate of drug-likeness (QED) is 0.241. The molecule has 2 N–H and O–H groups in total. The van der Waals surface area contributed by atoms with Crippen LogP contribution in [-0.2, 0) is 11.3 Å². The number of fused-ring (bicyclic) bond motifs is 1. The van der Waals surface area contributed by atoms with Gasteiger partial charge in [0.15, 0.2) is 11.5 Å². The van der Waals surface area contributed by atoms with Crippen molar-refractivity contribution in [2.24, 2.45) is 0 Å². The molecule has 0 saturated heterocycles. The van der Waals surface area contributed by atoms with Gasteiger partial charge in [0.05, 0.1) is 11.5 Å². The molecule has 3 rings (SSSR count). The zero-order valence-electron chi connectivity index (χ0n) is 16.8. The minimum atomic E-state index is -1.88. The van der Waals surface area contributed by atoms with Crippen molar-refractivity contribution in [3.8, 4) is 11.5 Å². The SMILES string of the molecule is Cc1nn(CCOC(=O)NC(NCC2COc3ccccc3O2)C(Cl)(Cl)Cl)cc1[N+](=O)[O-]. The number of hydrogen-bond donors (Lipinski definition) is 2. The number of para-hydroxylation sites is 2. The van der Waals surface area contributed by atoms with Crippen molar-refractivity contribution in [1.29, 1.82) is 0 Å². The van der Waals surface area contributed by atoms with Gasteiger partial charge in [-0.1, -0.05) is 46.9 Å². The molecule has 14 heteroatoms. The standard InChI is InChI=1S/C18H20Cl3N5O6/c1-11-13(26(28)29)9-25(24-11)6-7-30-17(27)23-16(18(19,20)21)22-8-12-10-31-14-4-2-3-5-15(14)32-12/h2-5,9,12,16,22H,6-8,10H2,1H3,(H,23,27). The normalized spacial score (nSPS) is 16.3. The average molecular weight is 509 g/mol. The Balaban J connectivity index is 1.47. The van der Waals surface area contributed by atoms with Crippen LogP contribution in [0.4, 0.5) is 10.5 Å². The molecule has 0 saturated carbocycles. The van der Waals surface area contributed by atoms with E-state index in [1.165, 1.54) is 17.8 Å². The van der Waals surface area contributed by atoms with Crippen molar-refractivity contribution in [1.82, 2.24) is 20.4 Å². The van der Waals surface area contributed by atoms with Crippen LogP contribution in [0, 0.1) is 17.0 Å². The molecule has 0 fully saturated rings. The number of carbonyl (C=O) groups excluding carboxylic acids is 1. The van der Waals surface area contributed by atoms with Gasteiger partial charge < -0.3 is 19.5 Å². The van der Waals surface area contributed by atoms with Crippen LogP contribution in [0.15, 0.2) is 30.5 Å². The number of carbonyl (C=O) groups is 1. The van der Waals surface area contributed by atoms with E-state index in [0.29, 0.717) is 11.5 Å².